The van der Waals surface area contributed by atoms with Crippen LogP contribution in [0.25, 0.3) is 0 Å². The van der Waals surface area contributed by atoms with Crippen LogP contribution in [0.4, 0.5) is 0 Å². The number of aliphatic imine (C=N–C) groups is 1. The lowest BCUT2D eigenvalue weighted by molar-refractivity contribution is 0.435. The maximum absolute atomic E-state index is 6.17. The Kier molecular flexibility index (Phi) is 5.44. The number of aryl methyl sites for hydroxylation is 1. The molecule has 0 radical (unpaired) electrons. The second-order valence-electron chi connectivity index (χ2n) is 5.76. The van der Waals surface area contributed by atoms with Gasteiger partial charge in [0.25, 0.3) is 0 Å². The summed E-state index contributed by atoms with van der Waals surface area (Å²) in [6, 6.07) is 11.0. The minimum Gasteiger partial charge on any atom is -0.387 e. The Morgan fingerprint density at radius 2 is 1.89 bits per heavy atom. The number of nitrogens with zero attached hydrogens (tertiary/aromatic N) is 1. The molecule has 2 rings (SSSR count). The standard InChI is InChI=1S/C17H26N2/c1-14(12-13-15-8-4-2-5-9-15)19-17(18)16-10-6-3-7-11-16/h2,4-5,8-9,14,16H,3,6-7,10-13H2,1H3,(H2,18,19). The maximum atomic E-state index is 6.17. The Labute approximate surface area is 117 Å². The number of amidine groups is 1. The van der Waals surface area contributed by atoms with Gasteiger partial charge in [0.05, 0.1) is 5.84 Å². The smallest absolute Gasteiger partial charge is 0.0971 e. The summed E-state index contributed by atoms with van der Waals surface area (Å²) in [5.41, 5.74) is 7.56. The first-order chi connectivity index (χ1) is 9.25. The number of benzene rings is 1. The van der Waals surface area contributed by atoms with E-state index in [0.717, 1.165) is 18.7 Å². The summed E-state index contributed by atoms with van der Waals surface area (Å²) in [5.74, 6) is 1.45. The Morgan fingerprint density at radius 1 is 1.21 bits per heavy atom. The molecule has 1 unspecified atom stereocenters. The maximum Gasteiger partial charge on any atom is 0.0971 e. The molecule has 2 nitrogen and oxygen atoms in total. The molecule has 1 fully saturated rings. The summed E-state index contributed by atoms with van der Waals surface area (Å²) in [7, 11) is 0. The van der Waals surface area contributed by atoms with Crippen molar-refractivity contribution in [2.24, 2.45) is 16.6 Å². The second kappa shape index (κ2) is 7.32. The molecule has 1 aromatic rings. The van der Waals surface area contributed by atoms with Crippen LogP contribution in [0.15, 0.2) is 35.3 Å². The van der Waals surface area contributed by atoms with Crippen molar-refractivity contribution in [1.29, 1.82) is 0 Å². The van der Waals surface area contributed by atoms with Crippen LogP contribution in [0.3, 0.4) is 0 Å². The van der Waals surface area contributed by atoms with E-state index in [1.165, 1.54) is 37.7 Å². The highest BCUT2D eigenvalue weighted by Gasteiger charge is 2.17. The van der Waals surface area contributed by atoms with E-state index in [1.807, 2.05) is 0 Å². The second-order valence-corrected chi connectivity index (χ2v) is 5.76. The third-order valence-electron chi connectivity index (χ3n) is 4.09. The van der Waals surface area contributed by atoms with Crippen LogP contribution in [0.5, 0.6) is 0 Å². The third kappa shape index (κ3) is 4.70. The van der Waals surface area contributed by atoms with Crippen molar-refractivity contribution in [1.82, 2.24) is 0 Å². The normalized spacial score (nSPS) is 19.3. The zero-order chi connectivity index (χ0) is 13.5. The molecule has 104 valence electrons. The molecule has 0 saturated heterocycles. The molecule has 0 spiro atoms. The minimum atomic E-state index is 0.335. The Balaban J connectivity index is 1.80. The van der Waals surface area contributed by atoms with Gasteiger partial charge >= 0.3 is 0 Å². The molecule has 1 aliphatic carbocycles. The fraction of sp³-hybridized carbons (Fsp3) is 0.588. The van der Waals surface area contributed by atoms with Crippen molar-refractivity contribution in [2.45, 2.75) is 57.9 Å². The number of nitrogens with two attached hydrogens (primary N) is 1. The zero-order valence-electron chi connectivity index (χ0n) is 12.0. The Hall–Kier alpha value is -1.31. The highest BCUT2D eigenvalue weighted by atomic mass is 14.9. The Morgan fingerprint density at radius 3 is 2.58 bits per heavy atom. The lowest BCUT2D eigenvalue weighted by Gasteiger charge is -2.22. The SMILES string of the molecule is CC(CCc1ccccc1)N=C(N)C1CCCCC1. The summed E-state index contributed by atoms with van der Waals surface area (Å²) in [4.78, 5) is 4.71. The van der Waals surface area contributed by atoms with Gasteiger partial charge in [-0.05, 0) is 38.2 Å². The van der Waals surface area contributed by atoms with Gasteiger partial charge in [0.15, 0.2) is 0 Å². The van der Waals surface area contributed by atoms with Crippen molar-refractivity contribution < 1.29 is 0 Å². The number of hydrogen-bond donors (Lipinski definition) is 1. The van der Waals surface area contributed by atoms with E-state index >= 15 is 0 Å². The van der Waals surface area contributed by atoms with Crippen LogP contribution < -0.4 is 5.73 Å². The van der Waals surface area contributed by atoms with Crippen molar-refractivity contribution in [3.8, 4) is 0 Å². The van der Waals surface area contributed by atoms with Crippen LogP contribution in [-0.4, -0.2) is 11.9 Å². The summed E-state index contributed by atoms with van der Waals surface area (Å²) >= 11 is 0. The van der Waals surface area contributed by atoms with E-state index in [1.54, 1.807) is 0 Å². The summed E-state index contributed by atoms with van der Waals surface area (Å²) in [6.45, 7) is 2.18. The molecule has 1 aliphatic rings. The average molecular weight is 258 g/mol. The van der Waals surface area contributed by atoms with Gasteiger partial charge in [-0.3, -0.25) is 4.99 Å². The van der Waals surface area contributed by atoms with Gasteiger partial charge in [-0.1, -0.05) is 49.6 Å². The van der Waals surface area contributed by atoms with Gasteiger partial charge in [-0.2, -0.15) is 0 Å². The molecule has 1 saturated carbocycles. The van der Waals surface area contributed by atoms with E-state index in [2.05, 4.69) is 37.3 Å². The fourth-order valence-corrected chi connectivity index (χ4v) is 2.84. The molecule has 2 heteroatoms. The quantitative estimate of drug-likeness (QED) is 0.630. The first-order valence-corrected chi connectivity index (χ1v) is 7.63. The zero-order valence-corrected chi connectivity index (χ0v) is 12.0. The van der Waals surface area contributed by atoms with Crippen LogP contribution in [-0.2, 0) is 6.42 Å². The molecule has 1 aromatic carbocycles. The topological polar surface area (TPSA) is 38.4 Å². The first-order valence-electron chi connectivity index (χ1n) is 7.63. The summed E-state index contributed by atoms with van der Waals surface area (Å²) in [6.07, 6.45) is 8.65. The molecule has 19 heavy (non-hydrogen) atoms. The number of rotatable bonds is 5. The molecule has 1 atom stereocenters. The predicted molar refractivity (Wildman–Crippen MR) is 82.4 cm³/mol. The number of hydrogen-bond acceptors (Lipinski definition) is 1. The molecule has 0 heterocycles. The van der Waals surface area contributed by atoms with E-state index < -0.39 is 0 Å². The minimum absolute atomic E-state index is 0.335. The lowest BCUT2D eigenvalue weighted by atomic mass is 9.88. The van der Waals surface area contributed by atoms with Crippen LogP contribution in [0.1, 0.15) is 51.0 Å². The van der Waals surface area contributed by atoms with Crippen molar-refractivity contribution in [2.75, 3.05) is 0 Å². The predicted octanol–water partition coefficient (Wildman–Crippen LogP) is 3.95. The van der Waals surface area contributed by atoms with E-state index in [0.29, 0.717) is 12.0 Å². The van der Waals surface area contributed by atoms with Gasteiger partial charge in [-0.15, -0.1) is 0 Å². The molecule has 0 bridgehead atoms. The highest BCUT2D eigenvalue weighted by Crippen LogP contribution is 2.24. The van der Waals surface area contributed by atoms with Gasteiger partial charge in [0, 0.05) is 12.0 Å². The van der Waals surface area contributed by atoms with E-state index in [9.17, 15) is 0 Å². The van der Waals surface area contributed by atoms with Crippen LogP contribution in [0.2, 0.25) is 0 Å². The Bertz CT molecular complexity index is 391. The van der Waals surface area contributed by atoms with Gasteiger partial charge in [0.2, 0.25) is 0 Å². The third-order valence-corrected chi connectivity index (χ3v) is 4.09. The average Bonchev–Trinajstić information content (AvgIpc) is 2.47. The summed E-state index contributed by atoms with van der Waals surface area (Å²) in [5, 5.41) is 0. The summed E-state index contributed by atoms with van der Waals surface area (Å²) < 4.78 is 0. The van der Waals surface area contributed by atoms with Crippen LogP contribution in [0, 0.1) is 5.92 Å². The van der Waals surface area contributed by atoms with Gasteiger partial charge < -0.3 is 5.73 Å². The molecule has 0 amide bonds. The van der Waals surface area contributed by atoms with Crippen molar-refractivity contribution >= 4 is 5.84 Å². The van der Waals surface area contributed by atoms with Crippen molar-refractivity contribution in [3.05, 3.63) is 35.9 Å². The van der Waals surface area contributed by atoms with E-state index in [4.69, 9.17) is 10.7 Å². The molecule has 0 aromatic heterocycles. The molecular weight excluding hydrogens is 232 g/mol. The lowest BCUT2D eigenvalue weighted by Crippen LogP contribution is -2.27. The van der Waals surface area contributed by atoms with Crippen molar-refractivity contribution in [3.63, 3.8) is 0 Å². The monoisotopic (exact) mass is 258 g/mol. The largest absolute Gasteiger partial charge is 0.387 e. The van der Waals surface area contributed by atoms with Gasteiger partial charge in [0.1, 0.15) is 0 Å². The molecule has 2 N–H and O–H groups in total. The molecule has 0 aliphatic heterocycles. The highest BCUT2D eigenvalue weighted by molar-refractivity contribution is 5.83. The fourth-order valence-electron chi connectivity index (χ4n) is 2.84. The first kappa shape index (κ1) is 14.1. The van der Waals surface area contributed by atoms with Crippen LogP contribution >= 0.6 is 0 Å². The van der Waals surface area contributed by atoms with E-state index in [-0.39, 0.29) is 0 Å². The van der Waals surface area contributed by atoms with Gasteiger partial charge in [-0.25, -0.2) is 0 Å². The molecular formula is C17H26N2.